The molecule has 2 heterocycles. The van der Waals surface area contributed by atoms with E-state index in [1.54, 1.807) is 13.0 Å². The maximum atomic E-state index is 10.3. The number of phenolic OH excluding ortho intramolecular Hbond substituents is 1. The predicted molar refractivity (Wildman–Crippen MR) is 143 cm³/mol. The number of benzene rings is 1. The zero-order chi connectivity index (χ0) is 25.9. The van der Waals surface area contributed by atoms with E-state index in [1.165, 1.54) is 0 Å². The van der Waals surface area contributed by atoms with Crippen molar-refractivity contribution >= 4 is 6.21 Å². The number of unbranched alkanes of at least 4 members (excludes halogenated alkanes) is 1. The number of aromatic hydroxyl groups is 1. The summed E-state index contributed by atoms with van der Waals surface area (Å²) in [4.78, 5) is 4.50. The van der Waals surface area contributed by atoms with Crippen LogP contribution in [0.2, 0.25) is 0 Å². The van der Waals surface area contributed by atoms with Crippen molar-refractivity contribution in [3.05, 3.63) is 59.2 Å². The summed E-state index contributed by atoms with van der Waals surface area (Å²) >= 11 is 0. The Hall–Kier alpha value is -2.45. The second kappa shape index (κ2) is 14.3. The SMILES string of the molecule is CCCCC1O[C-](CCc2ccc(O)c(OCC[C+]3C=C([C@H](C)CNC[C@H](C)O)C=N3)c2)C=C1CO. The van der Waals surface area contributed by atoms with Crippen LogP contribution in [0.15, 0.2) is 46.5 Å². The van der Waals surface area contributed by atoms with Crippen molar-refractivity contribution < 1.29 is 24.8 Å². The number of aliphatic hydroxyl groups excluding tert-OH is 2. The summed E-state index contributed by atoms with van der Waals surface area (Å²) < 4.78 is 12.0. The number of hydrogen-bond donors (Lipinski definition) is 4. The fraction of sp³-hybridized carbons (Fsp3) is 0.552. The summed E-state index contributed by atoms with van der Waals surface area (Å²) in [5.74, 6) is 0.901. The maximum Gasteiger partial charge on any atom is 0.176 e. The Morgan fingerprint density at radius 2 is 2.11 bits per heavy atom. The Kier molecular flexibility index (Phi) is 11.2. The molecule has 198 valence electrons. The van der Waals surface area contributed by atoms with Gasteiger partial charge in [0.25, 0.3) is 0 Å². The van der Waals surface area contributed by atoms with Gasteiger partial charge in [0.1, 0.15) is 12.2 Å². The highest BCUT2D eigenvalue weighted by Crippen LogP contribution is 2.33. The van der Waals surface area contributed by atoms with Gasteiger partial charge in [0.05, 0.1) is 24.5 Å². The molecule has 0 aromatic heterocycles. The molecule has 7 heteroatoms. The van der Waals surface area contributed by atoms with E-state index in [1.807, 2.05) is 24.4 Å². The number of aryl methyl sites for hydroxylation is 1. The van der Waals surface area contributed by atoms with E-state index in [-0.39, 0.29) is 24.6 Å². The lowest BCUT2D eigenvalue weighted by Gasteiger charge is -2.24. The molecule has 2 aliphatic heterocycles. The quantitative estimate of drug-likeness (QED) is 0.254. The molecule has 3 atom stereocenters. The van der Waals surface area contributed by atoms with Crippen molar-refractivity contribution in [2.45, 2.75) is 71.5 Å². The minimum absolute atomic E-state index is 0.00235. The summed E-state index contributed by atoms with van der Waals surface area (Å²) in [6.07, 6.45) is 11.8. The Morgan fingerprint density at radius 3 is 2.86 bits per heavy atom. The van der Waals surface area contributed by atoms with Gasteiger partial charge in [-0.15, -0.1) is 4.99 Å². The van der Waals surface area contributed by atoms with Crippen LogP contribution in [0.1, 0.15) is 58.4 Å². The third-order valence-corrected chi connectivity index (χ3v) is 6.53. The summed E-state index contributed by atoms with van der Waals surface area (Å²) in [7, 11) is 0. The van der Waals surface area contributed by atoms with E-state index in [0.29, 0.717) is 31.2 Å². The molecule has 0 amide bonds. The molecular formula is C29H42N2O5. The fourth-order valence-electron chi connectivity index (χ4n) is 4.32. The van der Waals surface area contributed by atoms with Crippen molar-refractivity contribution in [2.75, 3.05) is 26.3 Å². The third kappa shape index (κ3) is 8.59. The number of nitrogens with zero attached hydrogens (tertiary/aromatic N) is 1. The number of nitrogens with one attached hydrogen (secondary N) is 1. The Balaban J connectivity index is 1.44. The first-order chi connectivity index (χ1) is 17.4. The second-order valence-electron chi connectivity index (χ2n) is 9.80. The molecule has 0 radical (unpaired) electrons. The van der Waals surface area contributed by atoms with Gasteiger partial charge in [0.2, 0.25) is 0 Å². The zero-order valence-electron chi connectivity index (χ0n) is 21.9. The van der Waals surface area contributed by atoms with E-state index in [9.17, 15) is 15.3 Å². The van der Waals surface area contributed by atoms with Crippen molar-refractivity contribution in [1.82, 2.24) is 5.32 Å². The number of hydrogen-bond acceptors (Lipinski definition) is 7. The minimum Gasteiger partial charge on any atom is -0.504 e. The highest BCUT2D eigenvalue weighted by molar-refractivity contribution is 5.83. The lowest BCUT2D eigenvalue weighted by atomic mass is 10.0. The van der Waals surface area contributed by atoms with E-state index in [0.717, 1.165) is 67.5 Å². The normalized spacial score (nSPS) is 19.0. The average molecular weight is 499 g/mol. The highest BCUT2D eigenvalue weighted by Gasteiger charge is 2.25. The Bertz CT molecular complexity index is 911. The molecule has 0 aliphatic carbocycles. The van der Waals surface area contributed by atoms with Gasteiger partial charge in [0, 0.05) is 25.8 Å². The number of aliphatic hydroxyl groups is 2. The van der Waals surface area contributed by atoms with Crippen molar-refractivity contribution in [2.24, 2.45) is 10.9 Å². The van der Waals surface area contributed by atoms with Crippen molar-refractivity contribution in [3.8, 4) is 11.5 Å². The molecule has 3 rings (SSSR count). The maximum absolute atomic E-state index is 10.3. The summed E-state index contributed by atoms with van der Waals surface area (Å²) in [5, 5.41) is 32.5. The first-order valence-electron chi connectivity index (χ1n) is 13.2. The number of phenols is 1. The molecule has 0 saturated carbocycles. The monoisotopic (exact) mass is 498 g/mol. The van der Waals surface area contributed by atoms with Crippen LogP contribution in [-0.2, 0) is 11.2 Å². The topological polar surface area (TPSA) is 104 Å². The van der Waals surface area contributed by atoms with Crippen LogP contribution in [0, 0.1) is 18.1 Å². The highest BCUT2D eigenvalue weighted by atomic mass is 16.5. The van der Waals surface area contributed by atoms with Gasteiger partial charge in [-0.25, -0.2) is 0 Å². The predicted octanol–water partition coefficient (Wildman–Crippen LogP) is 4.28. The molecule has 0 fully saturated rings. The molecule has 7 nitrogen and oxygen atoms in total. The molecule has 0 bridgehead atoms. The summed E-state index contributed by atoms with van der Waals surface area (Å²) in [6.45, 7) is 7.88. The van der Waals surface area contributed by atoms with Crippen molar-refractivity contribution in [1.29, 1.82) is 0 Å². The molecular weight excluding hydrogens is 456 g/mol. The fourth-order valence-corrected chi connectivity index (χ4v) is 4.32. The Morgan fingerprint density at radius 1 is 1.28 bits per heavy atom. The van der Waals surface area contributed by atoms with Gasteiger partial charge in [-0.1, -0.05) is 38.4 Å². The molecule has 1 unspecified atom stereocenters. The first-order valence-corrected chi connectivity index (χ1v) is 13.2. The van der Waals surface area contributed by atoms with E-state index in [4.69, 9.17) is 9.47 Å². The lowest BCUT2D eigenvalue weighted by Crippen LogP contribution is -2.29. The van der Waals surface area contributed by atoms with E-state index < -0.39 is 0 Å². The van der Waals surface area contributed by atoms with Crippen LogP contribution in [0.5, 0.6) is 11.5 Å². The number of aliphatic imine (C=N–C) groups is 1. The summed E-state index contributed by atoms with van der Waals surface area (Å²) in [5.41, 5.74) is 3.18. The molecule has 4 N–H and O–H groups in total. The average Bonchev–Trinajstić information content (AvgIpc) is 3.49. The lowest BCUT2D eigenvalue weighted by molar-refractivity contribution is 0.103. The van der Waals surface area contributed by atoms with Gasteiger partial charge in [-0.05, 0) is 44.4 Å². The minimum atomic E-state index is -0.355. The molecule has 2 aliphatic rings. The third-order valence-electron chi connectivity index (χ3n) is 6.53. The van der Waals surface area contributed by atoms with Gasteiger partial charge in [0.15, 0.2) is 23.8 Å². The Labute approximate surface area is 215 Å². The molecule has 36 heavy (non-hydrogen) atoms. The molecule has 1 aromatic carbocycles. The first kappa shape index (κ1) is 28.1. The summed E-state index contributed by atoms with van der Waals surface area (Å²) in [6, 6.07) is 6.42. The zero-order valence-corrected chi connectivity index (χ0v) is 21.9. The molecule has 0 spiro atoms. The number of ether oxygens (including phenoxy) is 2. The van der Waals surface area contributed by atoms with Crippen LogP contribution in [0.4, 0.5) is 0 Å². The molecule has 1 aromatic rings. The van der Waals surface area contributed by atoms with Crippen molar-refractivity contribution in [3.63, 3.8) is 0 Å². The molecule has 0 saturated heterocycles. The standard InChI is InChI=1S/C29H42N2O5/c1-4-5-6-28-24(19-32)15-26(36-28)9-7-22-8-10-27(34)29(13-22)35-12-11-25-14-23(18-31-25)20(2)16-30-17-21(3)33/h8,10,13-15,18,20-21,28,30,32-34H,4-7,9,11-12,16-17,19H2,1-3H3/t20-,21+,28?/m1/s1. The van der Waals surface area contributed by atoms with Crippen LogP contribution < -0.4 is 10.1 Å². The van der Waals surface area contributed by atoms with Crippen LogP contribution in [0.3, 0.4) is 0 Å². The largest absolute Gasteiger partial charge is 0.504 e. The van der Waals surface area contributed by atoms with Gasteiger partial charge in [-0.3, -0.25) is 0 Å². The van der Waals surface area contributed by atoms with E-state index in [2.05, 4.69) is 30.2 Å². The number of rotatable bonds is 16. The van der Waals surface area contributed by atoms with E-state index >= 15 is 0 Å². The smallest absolute Gasteiger partial charge is 0.176 e. The second-order valence-corrected chi connectivity index (χ2v) is 9.80. The van der Waals surface area contributed by atoms with Gasteiger partial charge in [-0.2, -0.15) is 11.6 Å². The van der Waals surface area contributed by atoms with Crippen LogP contribution in [0.25, 0.3) is 0 Å². The van der Waals surface area contributed by atoms with Gasteiger partial charge >= 0.3 is 0 Å². The van der Waals surface area contributed by atoms with Crippen LogP contribution in [-0.4, -0.2) is 60.0 Å². The van der Waals surface area contributed by atoms with Crippen LogP contribution >= 0.6 is 0 Å². The van der Waals surface area contributed by atoms with Gasteiger partial charge < -0.3 is 30.1 Å².